The Kier molecular flexibility index (Phi) is 3.03. The molecule has 0 unspecified atom stereocenters. The van der Waals surface area contributed by atoms with Gasteiger partial charge in [-0.25, -0.2) is 13.4 Å². The Morgan fingerprint density at radius 2 is 2.31 bits per heavy atom. The fourth-order valence-electron chi connectivity index (χ4n) is 1.68. The second-order valence-corrected chi connectivity index (χ2v) is 6.40. The van der Waals surface area contributed by atoms with Gasteiger partial charge in [-0.05, 0) is 6.42 Å². The minimum atomic E-state index is -3.06. The quantitative estimate of drug-likeness (QED) is 0.804. The van der Waals surface area contributed by atoms with E-state index in [0.717, 1.165) is 5.76 Å². The molecule has 16 heavy (non-hydrogen) atoms. The van der Waals surface area contributed by atoms with Crippen LogP contribution in [0.25, 0.3) is 0 Å². The molecule has 1 aliphatic rings. The molecule has 90 valence electrons. The zero-order valence-electron chi connectivity index (χ0n) is 9.51. The third kappa shape index (κ3) is 2.27. The molecular weight excluding hydrogens is 228 g/mol. The number of sulfonamides is 1. The fourth-order valence-corrected chi connectivity index (χ4v) is 3.15. The van der Waals surface area contributed by atoms with Crippen LogP contribution in [-0.2, 0) is 16.6 Å². The van der Waals surface area contributed by atoms with E-state index in [9.17, 15) is 8.42 Å². The Bertz CT molecular complexity index is 464. The molecule has 0 aromatic carbocycles. The zero-order valence-corrected chi connectivity index (χ0v) is 10.3. The molecule has 1 aromatic rings. The van der Waals surface area contributed by atoms with E-state index in [1.165, 1.54) is 4.31 Å². The minimum absolute atomic E-state index is 0.241. The van der Waals surface area contributed by atoms with Crippen molar-refractivity contribution in [3.8, 4) is 0 Å². The van der Waals surface area contributed by atoms with Crippen LogP contribution in [0.2, 0.25) is 0 Å². The summed E-state index contributed by atoms with van der Waals surface area (Å²) in [4.78, 5) is 4.09. The van der Waals surface area contributed by atoms with Crippen LogP contribution in [0.1, 0.15) is 37.8 Å². The first kappa shape index (κ1) is 11.6. The first-order valence-corrected chi connectivity index (χ1v) is 7.02. The average molecular weight is 244 g/mol. The Balaban J connectivity index is 2.09. The third-order valence-electron chi connectivity index (χ3n) is 2.66. The summed E-state index contributed by atoms with van der Waals surface area (Å²) in [7, 11) is -3.06. The van der Waals surface area contributed by atoms with Gasteiger partial charge in [0, 0.05) is 12.5 Å². The molecule has 1 aromatic heterocycles. The summed E-state index contributed by atoms with van der Waals surface area (Å²) in [5.74, 6) is 1.79. The standard InChI is InChI=1S/C10H16N2O3S/c1-8(2)9-6-11-10(15-9)7-12-4-3-5-16(12,13)14/h6,8H,3-5,7H2,1-2H3. The fraction of sp³-hybridized carbons (Fsp3) is 0.700. The minimum Gasteiger partial charge on any atom is -0.444 e. The van der Waals surface area contributed by atoms with Crippen LogP contribution in [0, 0.1) is 0 Å². The van der Waals surface area contributed by atoms with Crippen molar-refractivity contribution in [2.45, 2.75) is 32.7 Å². The van der Waals surface area contributed by atoms with E-state index in [4.69, 9.17) is 4.42 Å². The molecule has 1 fully saturated rings. The summed E-state index contributed by atoms with van der Waals surface area (Å²) in [5.41, 5.74) is 0. The molecule has 2 heterocycles. The summed E-state index contributed by atoms with van der Waals surface area (Å²) in [5, 5.41) is 0. The first-order chi connectivity index (χ1) is 7.49. The molecule has 0 radical (unpaired) electrons. The summed E-state index contributed by atoms with van der Waals surface area (Å²) < 4.78 is 30.0. The lowest BCUT2D eigenvalue weighted by molar-refractivity contribution is 0.359. The molecule has 1 aliphatic heterocycles. The predicted molar refractivity (Wildman–Crippen MR) is 59.4 cm³/mol. The molecule has 0 bridgehead atoms. The van der Waals surface area contributed by atoms with E-state index in [1.54, 1.807) is 6.20 Å². The van der Waals surface area contributed by atoms with Gasteiger partial charge in [0.2, 0.25) is 15.9 Å². The van der Waals surface area contributed by atoms with Crippen molar-refractivity contribution in [2.75, 3.05) is 12.3 Å². The van der Waals surface area contributed by atoms with Crippen LogP contribution >= 0.6 is 0 Å². The third-order valence-corrected chi connectivity index (χ3v) is 4.56. The summed E-state index contributed by atoms with van der Waals surface area (Å²) in [6.45, 7) is 4.85. The molecule has 6 heteroatoms. The highest BCUT2D eigenvalue weighted by Gasteiger charge is 2.29. The number of hydrogen-bond donors (Lipinski definition) is 0. The molecule has 0 spiro atoms. The predicted octanol–water partition coefficient (Wildman–Crippen LogP) is 1.33. The smallest absolute Gasteiger partial charge is 0.214 e. The van der Waals surface area contributed by atoms with Gasteiger partial charge in [0.05, 0.1) is 18.5 Å². The first-order valence-electron chi connectivity index (χ1n) is 5.41. The van der Waals surface area contributed by atoms with E-state index in [-0.39, 0.29) is 18.2 Å². The molecule has 0 N–H and O–H groups in total. The van der Waals surface area contributed by atoms with Crippen LogP contribution in [0.5, 0.6) is 0 Å². The summed E-state index contributed by atoms with van der Waals surface area (Å²) >= 11 is 0. The van der Waals surface area contributed by atoms with Gasteiger partial charge < -0.3 is 4.42 Å². The monoisotopic (exact) mass is 244 g/mol. The van der Waals surface area contributed by atoms with E-state index in [0.29, 0.717) is 18.9 Å². The van der Waals surface area contributed by atoms with Crippen molar-refractivity contribution in [3.05, 3.63) is 17.8 Å². The van der Waals surface area contributed by atoms with Gasteiger partial charge in [-0.15, -0.1) is 0 Å². The molecule has 0 amide bonds. The molecule has 1 saturated heterocycles. The molecule has 0 aliphatic carbocycles. The molecular formula is C10H16N2O3S. The largest absolute Gasteiger partial charge is 0.444 e. The highest BCUT2D eigenvalue weighted by molar-refractivity contribution is 7.89. The Morgan fingerprint density at radius 3 is 2.81 bits per heavy atom. The Morgan fingerprint density at radius 1 is 1.56 bits per heavy atom. The van der Waals surface area contributed by atoms with Gasteiger partial charge in [-0.1, -0.05) is 13.8 Å². The van der Waals surface area contributed by atoms with Crippen molar-refractivity contribution in [3.63, 3.8) is 0 Å². The highest BCUT2D eigenvalue weighted by Crippen LogP contribution is 2.19. The van der Waals surface area contributed by atoms with Gasteiger partial charge in [-0.3, -0.25) is 0 Å². The van der Waals surface area contributed by atoms with Crippen LogP contribution in [-0.4, -0.2) is 30.0 Å². The lowest BCUT2D eigenvalue weighted by Gasteiger charge is -2.11. The van der Waals surface area contributed by atoms with Crippen molar-refractivity contribution >= 4 is 10.0 Å². The molecule has 0 atom stereocenters. The van der Waals surface area contributed by atoms with Crippen molar-refractivity contribution in [1.29, 1.82) is 0 Å². The van der Waals surface area contributed by atoms with Crippen LogP contribution in [0.3, 0.4) is 0 Å². The topological polar surface area (TPSA) is 63.4 Å². The van der Waals surface area contributed by atoms with Crippen LogP contribution < -0.4 is 0 Å². The second kappa shape index (κ2) is 4.18. The van der Waals surface area contributed by atoms with Gasteiger partial charge in [-0.2, -0.15) is 4.31 Å². The normalized spacial score (nSPS) is 20.7. The van der Waals surface area contributed by atoms with Crippen molar-refractivity contribution in [2.24, 2.45) is 0 Å². The van der Waals surface area contributed by atoms with Crippen LogP contribution in [0.4, 0.5) is 0 Å². The van der Waals surface area contributed by atoms with Gasteiger partial charge in [0.15, 0.2) is 0 Å². The van der Waals surface area contributed by atoms with Gasteiger partial charge in [0.1, 0.15) is 5.76 Å². The molecule has 2 rings (SSSR count). The Hall–Kier alpha value is -0.880. The SMILES string of the molecule is CC(C)c1cnc(CN2CCCS2(=O)=O)o1. The van der Waals surface area contributed by atoms with E-state index in [1.807, 2.05) is 13.8 Å². The number of rotatable bonds is 3. The van der Waals surface area contributed by atoms with Gasteiger partial charge in [0.25, 0.3) is 0 Å². The number of hydrogen-bond acceptors (Lipinski definition) is 4. The number of aromatic nitrogens is 1. The van der Waals surface area contributed by atoms with Crippen LogP contribution in [0.15, 0.2) is 10.6 Å². The van der Waals surface area contributed by atoms with Gasteiger partial charge >= 0.3 is 0 Å². The van der Waals surface area contributed by atoms with E-state index >= 15 is 0 Å². The summed E-state index contributed by atoms with van der Waals surface area (Å²) in [6.07, 6.45) is 2.36. The average Bonchev–Trinajstić information content (AvgIpc) is 2.75. The second-order valence-electron chi connectivity index (χ2n) is 4.31. The maximum atomic E-state index is 11.6. The maximum absolute atomic E-state index is 11.6. The molecule has 5 nitrogen and oxygen atoms in total. The lowest BCUT2D eigenvalue weighted by Crippen LogP contribution is -2.25. The maximum Gasteiger partial charge on any atom is 0.214 e. The Labute approximate surface area is 95.5 Å². The van der Waals surface area contributed by atoms with Crippen molar-refractivity contribution < 1.29 is 12.8 Å². The highest BCUT2D eigenvalue weighted by atomic mass is 32.2. The number of nitrogens with zero attached hydrogens (tertiary/aromatic N) is 2. The zero-order chi connectivity index (χ0) is 11.8. The van der Waals surface area contributed by atoms with E-state index < -0.39 is 10.0 Å². The molecule has 0 saturated carbocycles. The summed E-state index contributed by atoms with van der Waals surface area (Å²) in [6, 6.07) is 0. The number of oxazole rings is 1. The van der Waals surface area contributed by atoms with Crippen molar-refractivity contribution in [1.82, 2.24) is 9.29 Å². The van der Waals surface area contributed by atoms with E-state index in [2.05, 4.69) is 4.98 Å². The lowest BCUT2D eigenvalue weighted by atomic mass is 10.2.